The number of halogens is 6. The maximum atomic E-state index is 12.8. The Labute approximate surface area is 123 Å². The van der Waals surface area contributed by atoms with Crippen molar-refractivity contribution in [1.82, 2.24) is 10.6 Å². The monoisotopic (exact) mass is 339 g/mol. The van der Waals surface area contributed by atoms with E-state index in [0.717, 1.165) is 0 Å². The Balaban J connectivity index is 0.00000400. The minimum atomic E-state index is -4.59. The van der Waals surface area contributed by atoms with Crippen molar-refractivity contribution >= 4 is 24.2 Å². The summed E-state index contributed by atoms with van der Waals surface area (Å²) in [4.78, 5) is 22.9. The molecule has 5 nitrogen and oxygen atoms in total. The van der Waals surface area contributed by atoms with Crippen molar-refractivity contribution in [1.29, 1.82) is 0 Å². The molecule has 1 aliphatic rings. The van der Waals surface area contributed by atoms with E-state index in [2.05, 4.69) is 0 Å². The second-order valence-corrected chi connectivity index (χ2v) is 4.51. The number of hydrogen-bond acceptors (Lipinski definition) is 3. The average molecular weight is 340 g/mol. The zero-order chi connectivity index (χ0) is 15.6. The molecule has 1 aliphatic heterocycles. The van der Waals surface area contributed by atoms with Gasteiger partial charge in [-0.2, -0.15) is 13.2 Å². The molecule has 0 spiro atoms. The normalized spacial score (nSPS) is 23.0. The Morgan fingerprint density at radius 3 is 2.29 bits per heavy atom. The smallest absolute Gasteiger partial charge is 0.349 e. The molecule has 0 aromatic carbocycles. The summed E-state index contributed by atoms with van der Waals surface area (Å²) >= 11 is 0. The van der Waals surface area contributed by atoms with Gasteiger partial charge in [0.15, 0.2) is 0 Å². The number of rotatable bonds is 4. The number of piperidine rings is 1. The zero-order valence-electron chi connectivity index (χ0n) is 10.7. The first kappa shape index (κ1) is 19.8. The van der Waals surface area contributed by atoms with Gasteiger partial charge >= 0.3 is 6.18 Å². The van der Waals surface area contributed by atoms with E-state index < -0.39 is 55.4 Å². The summed E-state index contributed by atoms with van der Waals surface area (Å²) in [5, 5.41) is 3.48. The molecule has 1 saturated heterocycles. The van der Waals surface area contributed by atoms with Gasteiger partial charge in [-0.3, -0.25) is 9.59 Å². The number of carbonyl (C=O) groups excluding carboxylic acids is 2. The van der Waals surface area contributed by atoms with Crippen molar-refractivity contribution in [2.45, 2.75) is 31.0 Å². The average Bonchev–Trinajstić information content (AvgIpc) is 2.35. The number of alkyl halides is 5. The topological polar surface area (TPSA) is 84.2 Å². The number of nitrogens with two attached hydrogens (primary N) is 1. The molecule has 21 heavy (non-hydrogen) atoms. The molecule has 0 aliphatic carbocycles. The molecule has 0 saturated carbocycles. The second-order valence-electron chi connectivity index (χ2n) is 4.51. The highest BCUT2D eigenvalue weighted by atomic mass is 35.5. The standard InChI is InChI=1S/C10H14F5N3O2.ClH/c11-9(12,3-16)4-17-7(19)5-1-2-6(10(13,14)15)18-8(5)20;/h5-6H,1-4,16H2,(H,17,19)(H,18,20);1H. The summed E-state index contributed by atoms with van der Waals surface area (Å²) in [5.74, 6) is -6.87. The van der Waals surface area contributed by atoms with Gasteiger partial charge in [0.2, 0.25) is 11.8 Å². The van der Waals surface area contributed by atoms with Gasteiger partial charge in [0.05, 0.1) is 13.1 Å². The fourth-order valence-electron chi connectivity index (χ4n) is 1.72. The van der Waals surface area contributed by atoms with Gasteiger partial charge in [-0.15, -0.1) is 12.4 Å². The Hall–Kier alpha value is -1.16. The van der Waals surface area contributed by atoms with Gasteiger partial charge in [0, 0.05) is 0 Å². The highest BCUT2D eigenvalue weighted by Crippen LogP contribution is 2.28. The molecule has 1 rings (SSSR count). The molecule has 0 bridgehead atoms. The Morgan fingerprint density at radius 2 is 1.86 bits per heavy atom. The maximum absolute atomic E-state index is 12.8. The van der Waals surface area contributed by atoms with Crippen molar-refractivity contribution in [3.05, 3.63) is 0 Å². The third-order valence-electron chi connectivity index (χ3n) is 2.91. The van der Waals surface area contributed by atoms with Crippen LogP contribution in [0.5, 0.6) is 0 Å². The first-order valence-corrected chi connectivity index (χ1v) is 5.79. The lowest BCUT2D eigenvalue weighted by Gasteiger charge is -2.30. The van der Waals surface area contributed by atoms with E-state index >= 15 is 0 Å². The lowest BCUT2D eigenvalue weighted by atomic mass is 9.93. The van der Waals surface area contributed by atoms with Crippen LogP contribution in [0.25, 0.3) is 0 Å². The molecule has 2 amide bonds. The summed E-state index contributed by atoms with van der Waals surface area (Å²) in [6.45, 7) is -2.05. The van der Waals surface area contributed by atoms with E-state index in [1.165, 1.54) is 0 Å². The lowest BCUT2D eigenvalue weighted by Crippen LogP contribution is -2.55. The lowest BCUT2D eigenvalue weighted by molar-refractivity contribution is -0.171. The van der Waals surface area contributed by atoms with Crippen molar-refractivity contribution in [3.8, 4) is 0 Å². The minimum Gasteiger partial charge on any atom is -0.349 e. The summed E-state index contributed by atoms with van der Waals surface area (Å²) in [6.07, 6.45) is -5.42. The molecule has 0 aromatic rings. The van der Waals surface area contributed by atoms with E-state index in [1.807, 2.05) is 5.32 Å². The first-order valence-electron chi connectivity index (χ1n) is 5.79. The Morgan fingerprint density at radius 1 is 1.29 bits per heavy atom. The fraction of sp³-hybridized carbons (Fsp3) is 0.800. The van der Waals surface area contributed by atoms with Gasteiger partial charge in [-0.25, -0.2) is 8.78 Å². The molecular formula is C10H15ClF5N3O2. The molecule has 124 valence electrons. The number of nitrogens with one attached hydrogen (secondary N) is 2. The Bertz CT molecular complexity index is 391. The van der Waals surface area contributed by atoms with Crippen LogP contribution in [0.4, 0.5) is 22.0 Å². The van der Waals surface area contributed by atoms with Gasteiger partial charge in [0.25, 0.3) is 5.92 Å². The van der Waals surface area contributed by atoms with Crippen LogP contribution in [-0.4, -0.2) is 43.0 Å². The van der Waals surface area contributed by atoms with E-state index in [0.29, 0.717) is 0 Å². The largest absolute Gasteiger partial charge is 0.408 e. The van der Waals surface area contributed by atoms with Crippen LogP contribution < -0.4 is 16.4 Å². The van der Waals surface area contributed by atoms with Crippen LogP contribution in [-0.2, 0) is 9.59 Å². The van der Waals surface area contributed by atoms with Crippen LogP contribution >= 0.6 is 12.4 Å². The third-order valence-corrected chi connectivity index (χ3v) is 2.91. The van der Waals surface area contributed by atoms with Crippen LogP contribution in [0.15, 0.2) is 0 Å². The van der Waals surface area contributed by atoms with Crippen LogP contribution in [0, 0.1) is 5.92 Å². The van der Waals surface area contributed by atoms with Gasteiger partial charge in [-0.05, 0) is 12.8 Å². The molecule has 1 fully saturated rings. The number of hydrogen-bond donors (Lipinski definition) is 3. The second kappa shape index (κ2) is 7.21. The predicted molar refractivity (Wildman–Crippen MR) is 65.0 cm³/mol. The van der Waals surface area contributed by atoms with Crippen molar-refractivity contribution in [2.24, 2.45) is 11.7 Å². The molecule has 4 N–H and O–H groups in total. The van der Waals surface area contributed by atoms with Crippen LogP contribution in [0.2, 0.25) is 0 Å². The van der Waals surface area contributed by atoms with E-state index in [-0.39, 0.29) is 18.8 Å². The van der Waals surface area contributed by atoms with Gasteiger partial charge < -0.3 is 16.4 Å². The number of amides is 2. The van der Waals surface area contributed by atoms with Gasteiger partial charge in [0.1, 0.15) is 12.0 Å². The maximum Gasteiger partial charge on any atom is 0.408 e. The summed E-state index contributed by atoms with van der Waals surface area (Å²) in [7, 11) is 0. The summed E-state index contributed by atoms with van der Waals surface area (Å²) < 4.78 is 62.7. The molecule has 0 aromatic heterocycles. The molecule has 2 unspecified atom stereocenters. The highest BCUT2D eigenvalue weighted by molar-refractivity contribution is 6.00. The summed E-state index contributed by atoms with van der Waals surface area (Å²) in [5.41, 5.74) is 4.76. The summed E-state index contributed by atoms with van der Waals surface area (Å²) in [6, 6.07) is -2.01. The minimum absolute atomic E-state index is 0. The van der Waals surface area contributed by atoms with E-state index in [9.17, 15) is 31.5 Å². The molecular weight excluding hydrogens is 325 g/mol. The fourth-order valence-corrected chi connectivity index (χ4v) is 1.72. The molecule has 1 heterocycles. The van der Waals surface area contributed by atoms with Crippen LogP contribution in [0.3, 0.4) is 0 Å². The third kappa shape index (κ3) is 5.62. The van der Waals surface area contributed by atoms with Gasteiger partial charge in [-0.1, -0.05) is 0 Å². The Kier molecular flexibility index (Phi) is 6.81. The molecule has 2 atom stereocenters. The highest BCUT2D eigenvalue weighted by Gasteiger charge is 2.46. The van der Waals surface area contributed by atoms with Crippen molar-refractivity contribution < 1.29 is 31.5 Å². The molecule has 11 heteroatoms. The van der Waals surface area contributed by atoms with Crippen molar-refractivity contribution in [2.75, 3.05) is 13.1 Å². The van der Waals surface area contributed by atoms with Crippen molar-refractivity contribution in [3.63, 3.8) is 0 Å². The van der Waals surface area contributed by atoms with E-state index in [1.54, 1.807) is 5.32 Å². The SMILES string of the molecule is Cl.NCC(F)(F)CNC(=O)C1CCC(C(F)(F)F)NC1=O. The molecule has 0 radical (unpaired) electrons. The quantitative estimate of drug-likeness (QED) is 0.517. The van der Waals surface area contributed by atoms with E-state index in [4.69, 9.17) is 5.73 Å². The van der Waals surface area contributed by atoms with Crippen LogP contribution in [0.1, 0.15) is 12.8 Å². The zero-order valence-corrected chi connectivity index (χ0v) is 11.5. The first-order chi connectivity index (χ1) is 9.07. The number of carbonyl (C=O) groups is 2. The predicted octanol–water partition coefficient (Wildman–Crippen LogP) is 0.576.